The summed E-state index contributed by atoms with van der Waals surface area (Å²) in [6, 6.07) is 12.2. The molecule has 1 saturated heterocycles. The molecule has 1 amide bonds. The van der Waals surface area contributed by atoms with Gasteiger partial charge < -0.3 is 4.90 Å². The largest absolute Gasteiger partial charge is 0.335 e. The van der Waals surface area contributed by atoms with E-state index in [0.29, 0.717) is 11.1 Å². The zero-order chi connectivity index (χ0) is 14.5. The maximum atomic E-state index is 12.4. The Morgan fingerprint density at radius 1 is 1.10 bits per heavy atom. The van der Waals surface area contributed by atoms with Crippen molar-refractivity contribution in [1.29, 1.82) is 0 Å². The molecule has 108 valence electrons. The van der Waals surface area contributed by atoms with Gasteiger partial charge in [0.25, 0.3) is 5.91 Å². The van der Waals surface area contributed by atoms with Crippen LogP contribution in [0.3, 0.4) is 0 Å². The van der Waals surface area contributed by atoms with Crippen molar-refractivity contribution in [2.45, 2.75) is 11.7 Å². The van der Waals surface area contributed by atoms with E-state index in [1.165, 1.54) is 5.56 Å². The van der Waals surface area contributed by atoms with Crippen molar-refractivity contribution in [3.05, 3.63) is 60.2 Å². The van der Waals surface area contributed by atoms with Gasteiger partial charge in [-0.2, -0.15) is 11.8 Å². The molecule has 0 saturated carbocycles. The predicted molar refractivity (Wildman–Crippen MR) is 84.2 cm³/mol. The molecular formula is C16H17N3OS. The van der Waals surface area contributed by atoms with Gasteiger partial charge in [-0.3, -0.25) is 4.79 Å². The average Bonchev–Trinajstić information content (AvgIpc) is 2.82. The van der Waals surface area contributed by atoms with Crippen LogP contribution in [0.25, 0.3) is 0 Å². The van der Waals surface area contributed by atoms with Crippen molar-refractivity contribution >= 4 is 17.7 Å². The normalized spacial score (nSPS) is 19.0. The van der Waals surface area contributed by atoms with Crippen molar-refractivity contribution in [1.82, 2.24) is 14.9 Å². The first-order chi connectivity index (χ1) is 10.3. The summed E-state index contributed by atoms with van der Waals surface area (Å²) in [5.74, 6) is 1.17. The van der Waals surface area contributed by atoms with E-state index in [0.717, 1.165) is 25.3 Å². The Hall–Kier alpha value is -1.88. The second-order valence-electron chi connectivity index (χ2n) is 4.92. The van der Waals surface area contributed by atoms with Crippen LogP contribution in [0.5, 0.6) is 0 Å². The summed E-state index contributed by atoms with van der Waals surface area (Å²) < 4.78 is 0. The molecule has 0 radical (unpaired) electrons. The van der Waals surface area contributed by atoms with Gasteiger partial charge in [0, 0.05) is 36.5 Å². The third-order valence-electron chi connectivity index (χ3n) is 3.56. The summed E-state index contributed by atoms with van der Waals surface area (Å²) in [7, 11) is 0. The van der Waals surface area contributed by atoms with E-state index in [-0.39, 0.29) is 5.91 Å². The van der Waals surface area contributed by atoms with Gasteiger partial charge in [0.05, 0.1) is 0 Å². The molecule has 2 heterocycles. The number of thioether (sulfide) groups is 1. The van der Waals surface area contributed by atoms with Gasteiger partial charge in [-0.05, 0) is 18.1 Å². The Balaban J connectivity index is 1.67. The van der Waals surface area contributed by atoms with E-state index in [2.05, 4.69) is 34.2 Å². The highest BCUT2D eigenvalue weighted by atomic mass is 32.2. The lowest BCUT2D eigenvalue weighted by molar-refractivity contribution is 0.0754. The number of benzene rings is 1. The standard InChI is InChI=1S/C16H17N3OS/c20-16(15-17-8-4-9-18-15)19-10-7-14(21-12-11-19)13-5-2-1-3-6-13/h1-6,8-9,14H,7,10-12H2/t14-/m0/s1. The quantitative estimate of drug-likeness (QED) is 0.855. The van der Waals surface area contributed by atoms with Crippen molar-refractivity contribution in [2.75, 3.05) is 18.8 Å². The minimum absolute atomic E-state index is 0.0649. The van der Waals surface area contributed by atoms with Crippen LogP contribution in [-0.4, -0.2) is 39.6 Å². The molecular weight excluding hydrogens is 282 g/mol. The van der Waals surface area contributed by atoms with Crippen LogP contribution in [0.1, 0.15) is 27.9 Å². The topological polar surface area (TPSA) is 46.1 Å². The Labute approximate surface area is 128 Å². The molecule has 1 fully saturated rings. The number of nitrogens with zero attached hydrogens (tertiary/aromatic N) is 3. The fourth-order valence-corrected chi connectivity index (χ4v) is 3.69. The first-order valence-corrected chi connectivity index (χ1v) is 8.12. The van der Waals surface area contributed by atoms with Crippen molar-refractivity contribution in [3.63, 3.8) is 0 Å². The predicted octanol–water partition coefficient (Wildman–Crippen LogP) is 2.80. The first-order valence-electron chi connectivity index (χ1n) is 7.07. The number of carbonyl (C=O) groups excluding carboxylic acids is 1. The Kier molecular flexibility index (Phi) is 4.50. The van der Waals surface area contributed by atoms with Crippen molar-refractivity contribution < 1.29 is 4.79 Å². The summed E-state index contributed by atoms with van der Waals surface area (Å²) in [5, 5.41) is 0.459. The third-order valence-corrected chi connectivity index (χ3v) is 4.89. The van der Waals surface area contributed by atoms with Gasteiger partial charge in [0.2, 0.25) is 5.82 Å². The van der Waals surface area contributed by atoms with E-state index in [1.54, 1.807) is 18.5 Å². The Morgan fingerprint density at radius 2 is 1.86 bits per heavy atom. The molecule has 1 atom stereocenters. The molecule has 21 heavy (non-hydrogen) atoms. The van der Waals surface area contributed by atoms with Gasteiger partial charge in [0.15, 0.2) is 0 Å². The highest BCUT2D eigenvalue weighted by Crippen LogP contribution is 2.34. The second kappa shape index (κ2) is 6.72. The molecule has 5 heteroatoms. The summed E-state index contributed by atoms with van der Waals surface area (Å²) in [5.41, 5.74) is 1.34. The lowest BCUT2D eigenvalue weighted by Crippen LogP contribution is -2.34. The molecule has 1 aromatic heterocycles. The highest BCUT2D eigenvalue weighted by Gasteiger charge is 2.23. The van der Waals surface area contributed by atoms with Gasteiger partial charge >= 0.3 is 0 Å². The van der Waals surface area contributed by atoms with Crippen LogP contribution < -0.4 is 0 Å². The number of hydrogen-bond acceptors (Lipinski definition) is 4. The fourth-order valence-electron chi connectivity index (χ4n) is 2.46. The third kappa shape index (κ3) is 3.42. The monoisotopic (exact) mass is 299 g/mol. The molecule has 0 N–H and O–H groups in total. The minimum Gasteiger partial charge on any atom is -0.335 e. The number of rotatable bonds is 2. The number of amides is 1. The Bertz CT molecular complexity index is 591. The number of aromatic nitrogens is 2. The SMILES string of the molecule is O=C(c1ncccn1)N1CCS[C@H](c2ccccc2)CC1. The summed E-state index contributed by atoms with van der Waals surface area (Å²) in [6.45, 7) is 1.51. The minimum atomic E-state index is -0.0649. The van der Waals surface area contributed by atoms with Crippen molar-refractivity contribution in [3.8, 4) is 0 Å². The van der Waals surface area contributed by atoms with Crippen LogP contribution in [0.15, 0.2) is 48.8 Å². The van der Waals surface area contributed by atoms with Crippen LogP contribution in [0, 0.1) is 0 Å². The lowest BCUT2D eigenvalue weighted by Gasteiger charge is -2.19. The van der Waals surface area contributed by atoms with E-state index < -0.39 is 0 Å². The zero-order valence-corrected chi connectivity index (χ0v) is 12.5. The van der Waals surface area contributed by atoms with Gasteiger partial charge in [-0.15, -0.1) is 0 Å². The fraction of sp³-hybridized carbons (Fsp3) is 0.312. The Morgan fingerprint density at radius 3 is 2.62 bits per heavy atom. The molecule has 2 aromatic rings. The molecule has 1 aliphatic heterocycles. The molecule has 1 aliphatic rings. The molecule has 0 aliphatic carbocycles. The van der Waals surface area contributed by atoms with E-state index in [4.69, 9.17) is 0 Å². The molecule has 1 aromatic carbocycles. The second-order valence-corrected chi connectivity index (χ2v) is 6.23. The molecule has 4 nitrogen and oxygen atoms in total. The molecule has 3 rings (SSSR count). The van der Waals surface area contributed by atoms with E-state index >= 15 is 0 Å². The van der Waals surface area contributed by atoms with Gasteiger partial charge in [-0.25, -0.2) is 9.97 Å². The van der Waals surface area contributed by atoms with Crippen LogP contribution in [0.2, 0.25) is 0 Å². The van der Waals surface area contributed by atoms with E-state index in [1.807, 2.05) is 22.7 Å². The van der Waals surface area contributed by atoms with E-state index in [9.17, 15) is 4.79 Å². The van der Waals surface area contributed by atoms with Gasteiger partial charge in [0.1, 0.15) is 0 Å². The van der Waals surface area contributed by atoms with Crippen LogP contribution in [0.4, 0.5) is 0 Å². The van der Waals surface area contributed by atoms with Crippen LogP contribution >= 0.6 is 11.8 Å². The molecule has 0 spiro atoms. The molecule has 0 unspecified atom stereocenters. The first kappa shape index (κ1) is 14.1. The maximum Gasteiger partial charge on any atom is 0.291 e. The smallest absolute Gasteiger partial charge is 0.291 e. The summed E-state index contributed by atoms with van der Waals surface area (Å²) in [4.78, 5) is 22.4. The number of carbonyl (C=O) groups is 1. The molecule has 0 bridgehead atoms. The maximum absolute atomic E-state index is 12.4. The highest BCUT2D eigenvalue weighted by molar-refractivity contribution is 7.99. The van der Waals surface area contributed by atoms with Crippen molar-refractivity contribution in [2.24, 2.45) is 0 Å². The zero-order valence-electron chi connectivity index (χ0n) is 11.7. The number of hydrogen-bond donors (Lipinski definition) is 0. The average molecular weight is 299 g/mol. The summed E-state index contributed by atoms with van der Waals surface area (Å²) >= 11 is 1.92. The van der Waals surface area contributed by atoms with Gasteiger partial charge in [-0.1, -0.05) is 30.3 Å². The summed E-state index contributed by atoms with van der Waals surface area (Å²) in [6.07, 6.45) is 4.19. The lowest BCUT2D eigenvalue weighted by atomic mass is 10.1. The van der Waals surface area contributed by atoms with Crippen LogP contribution in [-0.2, 0) is 0 Å².